The van der Waals surface area contributed by atoms with Gasteiger partial charge in [-0.2, -0.15) is 13.2 Å². The lowest BCUT2D eigenvalue weighted by Crippen LogP contribution is -2.15. The van der Waals surface area contributed by atoms with Crippen LogP contribution >= 0.6 is 11.3 Å². The van der Waals surface area contributed by atoms with Crippen LogP contribution in [0.25, 0.3) is 0 Å². The summed E-state index contributed by atoms with van der Waals surface area (Å²) in [5.74, 6) is 0.154. The first-order valence-electron chi connectivity index (χ1n) is 5.03. The fraction of sp³-hybridized carbons (Fsp3) is 0.600. The summed E-state index contributed by atoms with van der Waals surface area (Å²) in [6.07, 6.45) is 0.0927. The highest BCUT2D eigenvalue weighted by atomic mass is 32.1. The van der Waals surface area contributed by atoms with Crippen molar-refractivity contribution in [2.75, 3.05) is 0 Å². The molecule has 16 heavy (non-hydrogen) atoms. The van der Waals surface area contributed by atoms with E-state index in [2.05, 4.69) is 4.98 Å². The van der Waals surface area contributed by atoms with Gasteiger partial charge in [0.2, 0.25) is 0 Å². The number of nitrogens with zero attached hydrogens (tertiary/aromatic N) is 1. The van der Waals surface area contributed by atoms with E-state index in [0.717, 1.165) is 25.5 Å². The van der Waals surface area contributed by atoms with Crippen molar-refractivity contribution in [3.63, 3.8) is 0 Å². The van der Waals surface area contributed by atoms with Gasteiger partial charge in [0.05, 0.1) is 4.88 Å². The van der Waals surface area contributed by atoms with Crippen LogP contribution in [0.5, 0.6) is 0 Å². The Morgan fingerprint density at radius 3 is 2.62 bits per heavy atom. The topological polar surface area (TPSA) is 30.0 Å². The zero-order chi connectivity index (χ0) is 11.8. The fourth-order valence-corrected chi connectivity index (χ4v) is 2.33. The Balaban J connectivity index is 2.03. The monoisotopic (exact) mass is 249 g/mol. The minimum atomic E-state index is -4.44. The van der Waals surface area contributed by atoms with Crippen LogP contribution in [0.1, 0.15) is 40.4 Å². The van der Waals surface area contributed by atoms with Crippen molar-refractivity contribution in [3.8, 4) is 0 Å². The van der Waals surface area contributed by atoms with Gasteiger partial charge in [0.25, 0.3) is 0 Å². The van der Waals surface area contributed by atoms with E-state index in [9.17, 15) is 18.0 Å². The molecule has 88 valence electrons. The Hall–Kier alpha value is -0.910. The lowest BCUT2D eigenvalue weighted by molar-refractivity contribution is -0.137. The second-order valence-electron chi connectivity index (χ2n) is 3.95. The molecule has 0 unspecified atom stereocenters. The number of Topliss-reactive ketones (excluding diaryl/α,β-unsaturated/α-hetero) is 1. The van der Waals surface area contributed by atoms with Gasteiger partial charge in [0.15, 0.2) is 10.8 Å². The largest absolute Gasteiger partial charge is 0.443 e. The maximum Gasteiger partial charge on any atom is 0.443 e. The van der Waals surface area contributed by atoms with Crippen LogP contribution in [0.15, 0.2) is 6.20 Å². The van der Waals surface area contributed by atoms with E-state index in [1.807, 2.05) is 0 Å². The molecular weight excluding hydrogens is 239 g/mol. The van der Waals surface area contributed by atoms with Crippen LogP contribution in [0.3, 0.4) is 0 Å². The molecule has 0 N–H and O–H groups in total. The molecule has 0 spiro atoms. The van der Waals surface area contributed by atoms with Crippen LogP contribution < -0.4 is 0 Å². The van der Waals surface area contributed by atoms with Crippen molar-refractivity contribution in [1.82, 2.24) is 4.98 Å². The van der Waals surface area contributed by atoms with Crippen molar-refractivity contribution in [2.24, 2.45) is 5.92 Å². The van der Waals surface area contributed by atoms with Gasteiger partial charge in [-0.25, -0.2) is 4.98 Å². The van der Waals surface area contributed by atoms with E-state index in [1.165, 1.54) is 0 Å². The Morgan fingerprint density at radius 2 is 2.19 bits per heavy atom. The number of rotatable bonds is 3. The Morgan fingerprint density at radius 1 is 1.50 bits per heavy atom. The van der Waals surface area contributed by atoms with Gasteiger partial charge < -0.3 is 0 Å². The Kier molecular flexibility index (Phi) is 3.01. The van der Waals surface area contributed by atoms with Crippen LogP contribution in [0.4, 0.5) is 13.2 Å². The molecule has 6 heteroatoms. The third-order valence-corrected chi connectivity index (χ3v) is 3.81. The third-order valence-electron chi connectivity index (χ3n) is 2.72. The second-order valence-corrected chi connectivity index (χ2v) is 4.98. The normalized spacial score (nSPS) is 17.2. The number of aromatic nitrogens is 1. The molecular formula is C10H10F3NOS. The second kappa shape index (κ2) is 4.16. The first-order chi connectivity index (χ1) is 7.47. The van der Waals surface area contributed by atoms with Crippen molar-refractivity contribution >= 4 is 17.1 Å². The molecule has 1 fully saturated rings. The zero-order valence-electron chi connectivity index (χ0n) is 8.38. The van der Waals surface area contributed by atoms with Gasteiger partial charge >= 0.3 is 6.18 Å². The molecule has 0 aliphatic heterocycles. The standard InChI is InChI=1S/C10H10F3NOS/c11-10(12,13)9-14-5-8(16-9)7(15)4-6-2-1-3-6/h5-6H,1-4H2. The average molecular weight is 249 g/mol. The highest BCUT2D eigenvalue weighted by Gasteiger charge is 2.35. The van der Waals surface area contributed by atoms with E-state index >= 15 is 0 Å². The highest BCUT2D eigenvalue weighted by Crippen LogP contribution is 2.35. The summed E-state index contributed by atoms with van der Waals surface area (Å²) in [6, 6.07) is 0. The first kappa shape index (κ1) is 11.6. The SMILES string of the molecule is O=C(CC1CCC1)c1cnc(C(F)(F)F)s1. The van der Waals surface area contributed by atoms with Gasteiger partial charge in [0.1, 0.15) is 0 Å². The Labute approximate surface area is 94.5 Å². The summed E-state index contributed by atoms with van der Waals surface area (Å²) in [6.45, 7) is 0. The zero-order valence-corrected chi connectivity index (χ0v) is 9.20. The van der Waals surface area contributed by atoms with E-state index in [0.29, 0.717) is 23.7 Å². The van der Waals surface area contributed by atoms with E-state index < -0.39 is 11.2 Å². The number of halogens is 3. The lowest BCUT2D eigenvalue weighted by atomic mass is 9.82. The summed E-state index contributed by atoms with van der Waals surface area (Å²) in [5, 5.41) is -0.940. The van der Waals surface area contributed by atoms with Crippen molar-refractivity contribution in [1.29, 1.82) is 0 Å². The van der Waals surface area contributed by atoms with Crippen molar-refractivity contribution in [3.05, 3.63) is 16.1 Å². The molecule has 0 radical (unpaired) electrons. The van der Waals surface area contributed by atoms with Crippen molar-refractivity contribution in [2.45, 2.75) is 31.9 Å². The molecule has 1 saturated carbocycles. The van der Waals surface area contributed by atoms with Crippen LogP contribution in [0, 0.1) is 5.92 Å². The summed E-state index contributed by atoms with van der Waals surface area (Å²) in [4.78, 5) is 14.9. The summed E-state index contributed by atoms with van der Waals surface area (Å²) >= 11 is 0.439. The molecule has 0 amide bonds. The van der Waals surface area contributed by atoms with Gasteiger partial charge in [0, 0.05) is 12.6 Å². The summed E-state index contributed by atoms with van der Waals surface area (Å²) in [7, 11) is 0. The highest BCUT2D eigenvalue weighted by molar-refractivity contribution is 7.13. The van der Waals surface area contributed by atoms with E-state index in [-0.39, 0.29) is 10.7 Å². The molecule has 1 aliphatic rings. The number of thiazole rings is 1. The lowest BCUT2D eigenvalue weighted by Gasteiger charge is -2.23. The quantitative estimate of drug-likeness (QED) is 0.767. The van der Waals surface area contributed by atoms with Crippen LogP contribution in [-0.2, 0) is 6.18 Å². The summed E-state index contributed by atoms with van der Waals surface area (Å²) in [5.41, 5.74) is 0. The summed E-state index contributed by atoms with van der Waals surface area (Å²) < 4.78 is 36.7. The third kappa shape index (κ3) is 2.42. The molecule has 1 heterocycles. The van der Waals surface area contributed by atoms with Crippen LogP contribution in [0.2, 0.25) is 0 Å². The molecule has 0 aromatic carbocycles. The minimum Gasteiger partial charge on any atom is -0.293 e. The molecule has 0 saturated heterocycles. The first-order valence-corrected chi connectivity index (χ1v) is 5.84. The molecule has 1 aromatic rings. The molecule has 1 aromatic heterocycles. The van der Waals surface area contributed by atoms with Crippen LogP contribution in [-0.4, -0.2) is 10.8 Å². The Bertz CT molecular complexity index is 395. The fourth-order valence-electron chi connectivity index (χ4n) is 1.59. The molecule has 0 bridgehead atoms. The maximum atomic E-state index is 12.2. The molecule has 2 nitrogen and oxygen atoms in total. The minimum absolute atomic E-state index is 0.124. The number of hydrogen-bond acceptors (Lipinski definition) is 3. The number of ketones is 1. The predicted molar refractivity (Wildman–Crippen MR) is 53.4 cm³/mol. The van der Waals surface area contributed by atoms with E-state index in [1.54, 1.807) is 0 Å². The number of hydrogen-bond donors (Lipinski definition) is 0. The van der Waals surface area contributed by atoms with Gasteiger partial charge in [-0.3, -0.25) is 4.79 Å². The predicted octanol–water partition coefficient (Wildman–Crippen LogP) is 3.53. The molecule has 2 rings (SSSR count). The number of carbonyl (C=O) groups is 1. The van der Waals surface area contributed by atoms with Crippen molar-refractivity contribution < 1.29 is 18.0 Å². The smallest absolute Gasteiger partial charge is 0.293 e. The van der Waals surface area contributed by atoms with Gasteiger partial charge in [-0.15, -0.1) is 11.3 Å². The van der Waals surface area contributed by atoms with Gasteiger partial charge in [-0.1, -0.05) is 19.3 Å². The van der Waals surface area contributed by atoms with E-state index in [4.69, 9.17) is 0 Å². The number of alkyl halides is 3. The molecule has 1 aliphatic carbocycles. The number of carbonyl (C=O) groups excluding carboxylic acids is 1. The maximum absolute atomic E-state index is 12.2. The average Bonchev–Trinajstić information content (AvgIpc) is 2.58. The molecule has 0 atom stereocenters. The van der Waals surface area contributed by atoms with Gasteiger partial charge in [-0.05, 0) is 5.92 Å².